The van der Waals surface area contributed by atoms with Gasteiger partial charge in [-0.25, -0.2) is 14.4 Å². The van der Waals surface area contributed by atoms with Crippen molar-refractivity contribution in [3.8, 4) is 11.5 Å². The van der Waals surface area contributed by atoms with Gasteiger partial charge in [0, 0.05) is 6.54 Å². The topological polar surface area (TPSA) is 220 Å². The van der Waals surface area contributed by atoms with Crippen LogP contribution in [0.1, 0.15) is 43.2 Å². The Morgan fingerprint density at radius 3 is 1.76 bits per heavy atom. The van der Waals surface area contributed by atoms with E-state index in [4.69, 9.17) is 30.3 Å². The van der Waals surface area contributed by atoms with Crippen molar-refractivity contribution in [1.82, 2.24) is 21.4 Å². The Hall–Kier alpha value is -3.87. The molecule has 2 rings (SSSR count). The summed E-state index contributed by atoms with van der Waals surface area (Å²) >= 11 is 0. The first kappa shape index (κ1) is 34.3. The zero-order valence-corrected chi connectivity index (χ0v) is 22.8. The second-order valence-corrected chi connectivity index (χ2v) is 8.91. The quantitative estimate of drug-likeness (QED) is 0.0915. The van der Waals surface area contributed by atoms with Crippen molar-refractivity contribution in [1.29, 1.82) is 0 Å². The molecule has 0 saturated carbocycles. The molecule has 2 aromatic rings. The molecule has 2 aromatic carbocycles. The lowest BCUT2D eigenvalue weighted by atomic mass is 10.1. The van der Waals surface area contributed by atoms with Crippen molar-refractivity contribution in [2.45, 2.75) is 51.0 Å². The summed E-state index contributed by atoms with van der Waals surface area (Å²) in [6.45, 7) is 0.361. The number of benzene rings is 2. The van der Waals surface area contributed by atoms with Gasteiger partial charge >= 0.3 is 18.2 Å². The van der Waals surface area contributed by atoms with E-state index in [0.29, 0.717) is 44.3 Å². The van der Waals surface area contributed by atoms with Gasteiger partial charge in [0.1, 0.15) is 17.5 Å². The predicted octanol–water partition coefficient (Wildman–Crippen LogP) is 3.08. The van der Waals surface area contributed by atoms with E-state index >= 15 is 0 Å². The number of hydrogen-bond donors (Lipinski definition) is 7. The molecule has 16 heteroatoms. The number of carboxylic acids is 1. The lowest BCUT2D eigenvalue weighted by Gasteiger charge is -2.15. The van der Waals surface area contributed by atoms with Crippen molar-refractivity contribution in [2.75, 3.05) is 19.8 Å². The first-order valence-corrected chi connectivity index (χ1v) is 13.1. The van der Waals surface area contributed by atoms with Crippen molar-refractivity contribution in [3.63, 3.8) is 0 Å². The molecule has 0 bridgehead atoms. The molecule has 0 aromatic heterocycles. The number of carbonyl (C=O) groups excluding carboxylic acids is 2. The maximum Gasteiger partial charge on any atom is 0.413 e. The maximum atomic E-state index is 12.3. The summed E-state index contributed by atoms with van der Waals surface area (Å²) < 4.78 is 10.5. The number of ether oxygens (including phenoxy) is 2. The van der Waals surface area contributed by atoms with Crippen LogP contribution in [0.3, 0.4) is 0 Å². The SMILES string of the molecule is O=C(NCCCCC(NC(=O)Oc1cccc(CCCON(O)O)c1)C(=O)O)Oc1cccc(CCCON(O)O)c1. The minimum Gasteiger partial charge on any atom is -0.480 e. The Labute approximate surface area is 241 Å². The lowest BCUT2D eigenvalue weighted by Crippen LogP contribution is -2.42. The van der Waals surface area contributed by atoms with Gasteiger partial charge in [-0.05, 0) is 80.3 Å². The van der Waals surface area contributed by atoms with Crippen LogP contribution in [0.15, 0.2) is 48.5 Å². The number of unbranched alkanes of at least 4 members (excludes halogenated alkanes) is 1. The number of carboxylic acid groups (broad SMARTS) is 1. The van der Waals surface area contributed by atoms with Crippen molar-refractivity contribution in [3.05, 3.63) is 59.7 Å². The highest BCUT2D eigenvalue weighted by molar-refractivity contribution is 5.80. The summed E-state index contributed by atoms with van der Waals surface area (Å²) in [6, 6.07) is 12.2. The van der Waals surface area contributed by atoms with E-state index in [1.807, 2.05) is 6.07 Å². The normalized spacial score (nSPS) is 11.8. The Kier molecular flexibility index (Phi) is 15.8. The molecule has 0 aliphatic carbocycles. The average Bonchev–Trinajstić information content (AvgIpc) is 2.93. The van der Waals surface area contributed by atoms with Crippen LogP contribution in [0.4, 0.5) is 9.59 Å². The van der Waals surface area contributed by atoms with E-state index in [0.717, 1.165) is 11.1 Å². The third kappa shape index (κ3) is 15.2. The smallest absolute Gasteiger partial charge is 0.413 e. The molecule has 1 atom stereocenters. The second-order valence-electron chi connectivity index (χ2n) is 8.91. The number of amides is 2. The predicted molar refractivity (Wildman–Crippen MR) is 141 cm³/mol. The van der Waals surface area contributed by atoms with Gasteiger partial charge in [-0.3, -0.25) is 30.5 Å². The Morgan fingerprint density at radius 2 is 1.26 bits per heavy atom. The number of aryl methyl sites for hydroxylation is 2. The molecule has 7 N–H and O–H groups in total. The minimum absolute atomic E-state index is 0.0553. The van der Waals surface area contributed by atoms with Gasteiger partial charge in [0.15, 0.2) is 0 Å². The molecular formula is C26H36N4O12. The first-order chi connectivity index (χ1) is 20.1. The highest BCUT2D eigenvalue weighted by Gasteiger charge is 2.20. The van der Waals surface area contributed by atoms with Crippen LogP contribution in [-0.2, 0) is 27.3 Å². The molecule has 0 radical (unpaired) electrons. The van der Waals surface area contributed by atoms with Crippen LogP contribution < -0.4 is 20.1 Å². The number of nitrogens with zero attached hydrogens (tertiary/aromatic N) is 2. The Balaban J connectivity index is 1.68. The Bertz CT molecular complexity index is 1120. The number of carbonyl (C=O) groups is 3. The van der Waals surface area contributed by atoms with Crippen molar-refractivity contribution >= 4 is 18.2 Å². The highest BCUT2D eigenvalue weighted by atomic mass is 17.1. The molecule has 1 unspecified atom stereocenters. The molecule has 0 aliphatic rings. The van der Waals surface area contributed by atoms with E-state index in [9.17, 15) is 19.5 Å². The van der Waals surface area contributed by atoms with Gasteiger partial charge in [0.05, 0.1) is 24.0 Å². The molecule has 0 spiro atoms. The summed E-state index contributed by atoms with van der Waals surface area (Å²) in [5, 5.41) is 47.7. The van der Waals surface area contributed by atoms with Gasteiger partial charge in [-0.2, -0.15) is 0 Å². The fraction of sp³-hybridized carbons (Fsp3) is 0.423. The molecule has 0 aliphatic heterocycles. The van der Waals surface area contributed by atoms with Crippen molar-refractivity contribution in [2.24, 2.45) is 0 Å². The third-order valence-electron chi connectivity index (χ3n) is 5.63. The van der Waals surface area contributed by atoms with Crippen LogP contribution in [-0.4, -0.2) is 80.7 Å². The second kappa shape index (κ2) is 19.3. The molecule has 0 saturated heterocycles. The van der Waals surface area contributed by atoms with E-state index in [-0.39, 0.29) is 42.7 Å². The van der Waals surface area contributed by atoms with Gasteiger partial charge in [-0.1, -0.05) is 24.3 Å². The molecule has 0 fully saturated rings. The maximum absolute atomic E-state index is 12.3. The molecule has 0 heterocycles. The van der Waals surface area contributed by atoms with Crippen LogP contribution in [0, 0.1) is 0 Å². The zero-order valence-electron chi connectivity index (χ0n) is 22.8. The molecule has 42 heavy (non-hydrogen) atoms. The Morgan fingerprint density at radius 1 is 0.738 bits per heavy atom. The summed E-state index contributed by atoms with van der Waals surface area (Å²) in [6.07, 6.45) is 1.32. The monoisotopic (exact) mass is 596 g/mol. The van der Waals surface area contributed by atoms with E-state index in [1.165, 1.54) is 6.07 Å². The van der Waals surface area contributed by atoms with E-state index in [2.05, 4.69) is 20.3 Å². The van der Waals surface area contributed by atoms with Crippen LogP contribution in [0.25, 0.3) is 0 Å². The molecular weight excluding hydrogens is 560 g/mol. The van der Waals surface area contributed by atoms with Gasteiger partial charge < -0.3 is 25.2 Å². The van der Waals surface area contributed by atoms with Gasteiger partial charge in [0.25, 0.3) is 0 Å². The van der Waals surface area contributed by atoms with E-state index in [1.54, 1.807) is 36.4 Å². The summed E-state index contributed by atoms with van der Waals surface area (Å²) in [5.41, 5.74) is 1.65. The van der Waals surface area contributed by atoms with Crippen LogP contribution in [0.5, 0.6) is 11.5 Å². The van der Waals surface area contributed by atoms with Gasteiger partial charge in [0.2, 0.25) is 0 Å². The molecule has 2 amide bonds. The highest BCUT2D eigenvalue weighted by Crippen LogP contribution is 2.16. The minimum atomic E-state index is -1.23. The summed E-state index contributed by atoms with van der Waals surface area (Å²) in [5.74, 6) is -0.695. The first-order valence-electron chi connectivity index (χ1n) is 13.1. The summed E-state index contributed by atoms with van der Waals surface area (Å²) in [4.78, 5) is 45.0. The van der Waals surface area contributed by atoms with E-state index < -0.39 is 24.2 Å². The molecule has 232 valence electrons. The van der Waals surface area contributed by atoms with Crippen LogP contribution in [0.2, 0.25) is 0 Å². The largest absolute Gasteiger partial charge is 0.480 e. The fourth-order valence-electron chi connectivity index (χ4n) is 3.72. The van der Waals surface area contributed by atoms with Crippen molar-refractivity contribution < 1.29 is 59.5 Å². The number of hydrogen-bond acceptors (Lipinski definition) is 13. The van der Waals surface area contributed by atoms with Crippen LogP contribution >= 0.6 is 0 Å². The average molecular weight is 597 g/mol. The number of rotatable bonds is 19. The standard InChI is InChI=1S/C26H36N4O12/c31-24(32)23(28-26(34)42-22-12-4-8-20(18-22)10-6-16-40-30(37)38)13-1-2-14-27-25(33)41-21-11-3-7-19(17-21)9-5-15-39-29(35)36/h3-4,7-8,11-12,17-18,23,35-38H,1-2,5-6,9-10,13-16H2,(H,27,33)(H,28,34)(H,31,32). The summed E-state index contributed by atoms with van der Waals surface area (Å²) in [7, 11) is 0. The number of aliphatic carboxylic acids is 1. The lowest BCUT2D eigenvalue weighted by molar-refractivity contribution is -0.492. The molecule has 16 nitrogen and oxygen atoms in total. The fourth-order valence-corrected chi connectivity index (χ4v) is 3.72. The third-order valence-corrected chi connectivity index (χ3v) is 5.63. The number of nitrogens with one attached hydrogen (secondary N) is 2. The zero-order chi connectivity index (χ0) is 30.7. The van der Waals surface area contributed by atoms with Gasteiger partial charge in [-0.15, -0.1) is 0 Å².